The Morgan fingerprint density at radius 1 is 1.47 bits per heavy atom. The van der Waals surface area contributed by atoms with E-state index in [9.17, 15) is 0 Å². The summed E-state index contributed by atoms with van der Waals surface area (Å²) < 4.78 is 0. The summed E-state index contributed by atoms with van der Waals surface area (Å²) in [5.41, 5.74) is 5.75. The lowest BCUT2D eigenvalue weighted by molar-refractivity contribution is 0.491. The van der Waals surface area contributed by atoms with Gasteiger partial charge in [-0.25, -0.2) is 0 Å². The molecule has 0 spiro atoms. The molecule has 1 saturated heterocycles. The van der Waals surface area contributed by atoms with Crippen LogP contribution < -0.4 is 11.3 Å². The van der Waals surface area contributed by atoms with Gasteiger partial charge in [-0.1, -0.05) is 37.6 Å². The Morgan fingerprint density at radius 2 is 2.35 bits per heavy atom. The molecular formula is C14H22N2S. The van der Waals surface area contributed by atoms with Gasteiger partial charge in [0.1, 0.15) is 0 Å². The van der Waals surface area contributed by atoms with Gasteiger partial charge in [-0.3, -0.25) is 11.3 Å². The van der Waals surface area contributed by atoms with Gasteiger partial charge in [0, 0.05) is 5.25 Å². The first kappa shape index (κ1) is 12.9. The highest BCUT2D eigenvalue weighted by molar-refractivity contribution is 8.00. The lowest BCUT2D eigenvalue weighted by atomic mass is 9.98. The van der Waals surface area contributed by atoms with Gasteiger partial charge < -0.3 is 0 Å². The summed E-state index contributed by atoms with van der Waals surface area (Å²) in [5.74, 6) is 7.04. The second kappa shape index (κ2) is 6.43. The number of rotatable bonds is 4. The van der Waals surface area contributed by atoms with Gasteiger partial charge in [-0.05, 0) is 36.1 Å². The second-order valence-corrected chi connectivity index (χ2v) is 6.00. The van der Waals surface area contributed by atoms with E-state index < -0.39 is 0 Å². The van der Waals surface area contributed by atoms with Crippen LogP contribution in [0.4, 0.5) is 0 Å². The zero-order valence-corrected chi connectivity index (χ0v) is 11.3. The first-order chi connectivity index (χ1) is 8.35. The first-order valence-corrected chi connectivity index (χ1v) is 7.56. The Kier molecular flexibility index (Phi) is 4.89. The Hall–Kier alpha value is -0.510. The predicted octanol–water partition coefficient (Wildman–Crippen LogP) is 3.04. The van der Waals surface area contributed by atoms with E-state index in [4.69, 9.17) is 5.84 Å². The van der Waals surface area contributed by atoms with Crippen LogP contribution in [0, 0.1) is 0 Å². The van der Waals surface area contributed by atoms with E-state index in [0.717, 1.165) is 6.42 Å². The molecule has 0 saturated carbocycles. The van der Waals surface area contributed by atoms with Gasteiger partial charge in [-0.2, -0.15) is 11.8 Å². The molecule has 3 N–H and O–H groups in total. The standard InChI is InChI=1S/C14H22N2S/c1-2-11-6-5-7-12(10-11)14(16-15)13-8-3-4-9-17-13/h5-7,10,13-14,16H,2-4,8-9,15H2,1H3. The third kappa shape index (κ3) is 3.24. The van der Waals surface area contributed by atoms with Crippen molar-refractivity contribution < 1.29 is 0 Å². The molecule has 0 bridgehead atoms. The van der Waals surface area contributed by atoms with Crippen molar-refractivity contribution in [2.24, 2.45) is 5.84 Å². The molecule has 2 nitrogen and oxygen atoms in total. The molecule has 2 atom stereocenters. The molecule has 1 aromatic rings. The molecule has 94 valence electrons. The maximum atomic E-state index is 5.76. The van der Waals surface area contributed by atoms with Crippen LogP contribution >= 0.6 is 11.8 Å². The number of hydrogen-bond donors (Lipinski definition) is 2. The highest BCUT2D eigenvalue weighted by Gasteiger charge is 2.24. The van der Waals surface area contributed by atoms with Crippen LogP contribution in [0.3, 0.4) is 0 Å². The van der Waals surface area contributed by atoms with E-state index in [0.29, 0.717) is 11.3 Å². The molecule has 1 aliphatic rings. The van der Waals surface area contributed by atoms with Gasteiger partial charge in [0.25, 0.3) is 0 Å². The molecule has 0 radical (unpaired) electrons. The molecular weight excluding hydrogens is 228 g/mol. The fourth-order valence-corrected chi connectivity index (χ4v) is 3.89. The Balaban J connectivity index is 2.15. The lowest BCUT2D eigenvalue weighted by Gasteiger charge is -2.29. The molecule has 2 unspecified atom stereocenters. The normalized spacial score (nSPS) is 22.4. The third-order valence-corrected chi connectivity index (χ3v) is 4.95. The SMILES string of the molecule is CCc1cccc(C(NN)C2CCCCS2)c1. The van der Waals surface area contributed by atoms with E-state index >= 15 is 0 Å². The molecule has 1 aliphatic heterocycles. The van der Waals surface area contributed by atoms with E-state index in [2.05, 4.69) is 48.4 Å². The zero-order valence-electron chi connectivity index (χ0n) is 10.5. The van der Waals surface area contributed by atoms with Gasteiger partial charge in [0.05, 0.1) is 6.04 Å². The maximum Gasteiger partial charge on any atom is 0.0578 e. The average Bonchev–Trinajstić information content (AvgIpc) is 2.41. The molecule has 0 aliphatic carbocycles. The van der Waals surface area contributed by atoms with E-state index in [1.165, 1.54) is 36.1 Å². The van der Waals surface area contributed by atoms with Crippen molar-refractivity contribution in [3.63, 3.8) is 0 Å². The number of aryl methyl sites for hydroxylation is 1. The number of benzene rings is 1. The molecule has 1 fully saturated rings. The van der Waals surface area contributed by atoms with E-state index in [-0.39, 0.29) is 0 Å². The Morgan fingerprint density at radius 3 is 3.00 bits per heavy atom. The minimum atomic E-state index is 0.298. The highest BCUT2D eigenvalue weighted by Crippen LogP contribution is 2.34. The second-order valence-electron chi connectivity index (χ2n) is 4.65. The number of hydrogen-bond acceptors (Lipinski definition) is 3. The van der Waals surface area contributed by atoms with Gasteiger partial charge in [0.15, 0.2) is 0 Å². The molecule has 2 rings (SSSR count). The van der Waals surface area contributed by atoms with Crippen molar-refractivity contribution in [1.82, 2.24) is 5.43 Å². The first-order valence-electron chi connectivity index (χ1n) is 6.51. The van der Waals surface area contributed by atoms with Crippen molar-refractivity contribution >= 4 is 11.8 Å². The van der Waals surface area contributed by atoms with Crippen LogP contribution in [0.5, 0.6) is 0 Å². The lowest BCUT2D eigenvalue weighted by Crippen LogP contribution is -2.36. The van der Waals surface area contributed by atoms with Crippen molar-refractivity contribution in [3.8, 4) is 0 Å². The highest BCUT2D eigenvalue weighted by atomic mass is 32.2. The summed E-state index contributed by atoms with van der Waals surface area (Å²) in [6.45, 7) is 2.19. The van der Waals surface area contributed by atoms with Crippen molar-refractivity contribution in [2.75, 3.05) is 5.75 Å². The summed E-state index contributed by atoms with van der Waals surface area (Å²) in [6.07, 6.45) is 5.05. The topological polar surface area (TPSA) is 38.0 Å². The zero-order chi connectivity index (χ0) is 12.1. The largest absolute Gasteiger partial charge is 0.271 e. The van der Waals surface area contributed by atoms with Crippen molar-refractivity contribution in [1.29, 1.82) is 0 Å². The van der Waals surface area contributed by atoms with E-state index in [1.54, 1.807) is 0 Å². The molecule has 1 aromatic carbocycles. The Labute approximate surface area is 108 Å². The maximum absolute atomic E-state index is 5.76. The fourth-order valence-electron chi connectivity index (χ4n) is 2.45. The van der Waals surface area contributed by atoms with Crippen LogP contribution in [0.15, 0.2) is 24.3 Å². The number of nitrogens with one attached hydrogen (secondary N) is 1. The molecule has 0 amide bonds. The quantitative estimate of drug-likeness (QED) is 0.637. The molecule has 0 aromatic heterocycles. The summed E-state index contributed by atoms with van der Waals surface area (Å²) in [4.78, 5) is 0. The van der Waals surface area contributed by atoms with Crippen LogP contribution in [0.1, 0.15) is 43.4 Å². The number of hydrazine groups is 1. The molecule has 3 heteroatoms. The van der Waals surface area contributed by atoms with Crippen LogP contribution in [-0.4, -0.2) is 11.0 Å². The average molecular weight is 250 g/mol. The summed E-state index contributed by atoms with van der Waals surface area (Å²) in [6, 6.07) is 9.11. The van der Waals surface area contributed by atoms with E-state index in [1.807, 2.05) is 0 Å². The summed E-state index contributed by atoms with van der Waals surface area (Å²) >= 11 is 2.06. The Bertz CT molecular complexity index is 348. The minimum absolute atomic E-state index is 0.298. The minimum Gasteiger partial charge on any atom is -0.271 e. The summed E-state index contributed by atoms with van der Waals surface area (Å²) in [5, 5.41) is 0.626. The predicted molar refractivity (Wildman–Crippen MR) is 76.0 cm³/mol. The van der Waals surface area contributed by atoms with Crippen molar-refractivity contribution in [2.45, 2.75) is 43.9 Å². The molecule has 1 heterocycles. The third-order valence-electron chi connectivity index (χ3n) is 3.48. The fraction of sp³-hybridized carbons (Fsp3) is 0.571. The smallest absolute Gasteiger partial charge is 0.0578 e. The van der Waals surface area contributed by atoms with Crippen LogP contribution in [0.25, 0.3) is 0 Å². The molecule has 17 heavy (non-hydrogen) atoms. The van der Waals surface area contributed by atoms with Crippen LogP contribution in [-0.2, 0) is 6.42 Å². The van der Waals surface area contributed by atoms with Crippen LogP contribution in [0.2, 0.25) is 0 Å². The number of thioether (sulfide) groups is 1. The van der Waals surface area contributed by atoms with Crippen molar-refractivity contribution in [3.05, 3.63) is 35.4 Å². The number of nitrogens with two attached hydrogens (primary N) is 1. The van der Waals surface area contributed by atoms with Gasteiger partial charge in [0.2, 0.25) is 0 Å². The van der Waals surface area contributed by atoms with Gasteiger partial charge in [-0.15, -0.1) is 0 Å². The van der Waals surface area contributed by atoms with Gasteiger partial charge >= 0.3 is 0 Å². The summed E-state index contributed by atoms with van der Waals surface area (Å²) in [7, 11) is 0. The monoisotopic (exact) mass is 250 g/mol.